The minimum atomic E-state index is -0.509. The van der Waals surface area contributed by atoms with Crippen molar-refractivity contribution < 1.29 is 19.0 Å². The first-order valence-electron chi connectivity index (χ1n) is 6.43. The van der Waals surface area contributed by atoms with Crippen LogP contribution in [0.5, 0.6) is 11.5 Å². The van der Waals surface area contributed by atoms with E-state index < -0.39 is 5.97 Å². The molecule has 110 valence electrons. The third-order valence-corrected chi connectivity index (χ3v) is 3.97. The number of nitrogens with zero attached hydrogens (tertiary/aromatic N) is 1. The quantitative estimate of drug-likeness (QED) is 0.857. The SMILES string of the molecule is COC(=O)c1nc(N)sc1-c1ccc2c(c1)OCCCO2. The lowest BCUT2D eigenvalue weighted by Crippen LogP contribution is -2.03. The topological polar surface area (TPSA) is 83.7 Å². The lowest BCUT2D eigenvalue weighted by Gasteiger charge is -2.09. The summed E-state index contributed by atoms with van der Waals surface area (Å²) in [5.74, 6) is 0.853. The number of aromatic nitrogens is 1. The normalized spacial score (nSPS) is 13.6. The van der Waals surface area contributed by atoms with Gasteiger partial charge in [-0.1, -0.05) is 11.3 Å². The first kappa shape index (κ1) is 13.7. The summed E-state index contributed by atoms with van der Waals surface area (Å²) >= 11 is 1.24. The highest BCUT2D eigenvalue weighted by Gasteiger charge is 2.21. The van der Waals surface area contributed by atoms with Gasteiger partial charge in [-0.25, -0.2) is 9.78 Å². The molecule has 0 saturated heterocycles. The number of thiazole rings is 1. The Labute approximate surface area is 125 Å². The van der Waals surface area contributed by atoms with E-state index in [9.17, 15) is 4.79 Å². The number of anilines is 1. The molecule has 0 bridgehead atoms. The Morgan fingerprint density at radius 2 is 2.10 bits per heavy atom. The monoisotopic (exact) mass is 306 g/mol. The van der Waals surface area contributed by atoms with Crippen molar-refractivity contribution in [3.8, 4) is 21.9 Å². The van der Waals surface area contributed by atoms with Gasteiger partial charge in [-0.15, -0.1) is 0 Å². The molecule has 7 heteroatoms. The van der Waals surface area contributed by atoms with E-state index in [1.165, 1.54) is 18.4 Å². The third-order valence-electron chi connectivity index (χ3n) is 3.03. The second kappa shape index (κ2) is 5.61. The van der Waals surface area contributed by atoms with Gasteiger partial charge in [-0.3, -0.25) is 0 Å². The maximum absolute atomic E-state index is 11.8. The molecule has 1 aromatic carbocycles. The standard InChI is InChI=1S/C14H14N2O4S/c1-18-13(17)11-12(21-14(15)16-11)8-3-4-9-10(7-8)20-6-2-5-19-9/h3-4,7H,2,5-6H2,1H3,(H2,15,16). The largest absolute Gasteiger partial charge is 0.490 e. The molecule has 0 aliphatic carbocycles. The number of carbonyl (C=O) groups excluding carboxylic acids is 1. The average Bonchev–Trinajstić information content (AvgIpc) is 2.74. The molecular formula is C14H14N2O4S. The van der Waals surface area contributed by atoms with Crippen molar-refractivity contribution in [3.63, 3.8) is 0 Å². The Morgan fingerprint density at radius 3 is 2.86 bits per heavy atom. The van der Waals surface area contributed by atoms with Gasteiger partial charge in [0.05, 0.1) is 25.2 Å². The van der Waals surface area contributed by atoms with Crippen LogP contribution in [-0.2, 0) is 4.74 Å². The van der Waals surface area contributed by atoms with E-state index in [0.29, 0.717) is 34.7 Å². The summed E-state index contributed by atoms with van der Waals surface area (Å²) in [5.41, 5.74) is 6.73. The van der Waals surface area contributed by atoms with Gasteiger partial charge < -0.3 is 19.9 Å². The predicted octanol–water partition coefficient (Wildman–Crippen LogP) is 2.34. The van der Waals surface area contributed by atoms with Gasteiger partial charge in [0, 0.05) is 6.42 Å². The maximum Gasteiger partial charge on any atom is 0.358 e. The van der Waals surface area contributed by atoms with Crippen molar-refractivity contribution in [3.05, 3.63) is 23.9 Å². The number of fused-ring (bicyclic) bond motifs is 1. The van der Waals surface area contributed by atoms with Gasteiger partial charge >= 0.3 is 5.97 Å². The maximum atomic E-state index is 11.8. The zero-order valence-corrected chi connectivity index (χ0v) is 12.2. The molecule has 0 spiro atoms. The summed E-state index contributed by atoms with van der Waals surface area (Å²) in [6, 6.07) is 5.51. The van der Waals surface area contributed by atoms with Crippen LogP contribution in [-0.4, -0.2) is 31.3 Å². The zero-order chi connectivity index (χ0) is 14.8. The summed E-state index contributed by atoms with van der Waals surface area (Å²) < 4.78 is 16.0. The van der Waals surface area contributed by atoms with Crippen LogP contribution in [0.1, 0.15) is 16.9 Å². The number of hydrogen-bond acceptors (Lipinski definition) is 7. The fraction of sp³-hybridized carbons (Fsp3) is 0.286. The van der Waals surface area contributed by atoms with Crippen molar-refractivity contribution in [2.45, 2.75) is 6.42 Å². The third kappa shape index (κ3) is 2.64. The molecule has 2 heterocycles. The number of nitrogens with two attached hydrogens (primary N) is 1. The van der Waals surface area contributed by atoms with E-state index in [1.807, 2.05) is 18.2 Å². The summed E-state index contributed by atoms with van der Waals surface area (Å²) in [6.45, 7) is 1.23. The summed E-state index contributed by atoms with van der Waals surface area (Å²) in [5, 5.41) is 0.317. The number of benzene rings is 1. The van der Waals surface area contributed by atoms with Gasteiger partial charge in [0.15, 0.2) is 22.3 Å². The zero-order valence-electron chi connectivity index (χ0n) is 11.4. The van der Waals surface area contributed by atoms with E-state index in [-0.39, 0.29) is 5.69 Å². The lowest BCUT2D eigenvalue weighted by molar-refractivity contribution is 0.0596. The molecule has 0 fully saturated rings. The van der Waals surface area contributed by atoms with Gasteiger partial charge in [0.1, 0.15) is 0 Å². The van der Waals surface area contributed by atoms with Gasteiger partial charge in [-0.2, -0.15) is 0 Å². The van der Waals surface area contributed by atoms with Gasteiger partial charge in [0.2, 0.25) is 0 Å². The molecule has 0 atom stereocenters. The lowest BCUT2D eigenvalue weighted by atomic mass is 10.1. The molecule has 0 unspecified atom stereocenters. The number of esters is 1. The second-order valence-corrected chi connectivity index (χ2v) is 5.46. The van der Waals surface area contributed by atoms with Crippen LogP contribution >= 0.6 is 11.3 Å². The first-order valence-corrected chi connectivity index (χ1v) is 7.25. The van der Waals surface area contributed by atoms with Crippen LogP contribution in [0.15, 0.2) is 18.2 Å². The smallest absolute Gasteiger partial charge is 0.358 e. The Hall–Kier alpha value is -2.28. The number of rotatable bonds is 2. The van der Waals surface area contributed by atoms with Crippen molar-refractivity contribution in [2.75, 3.05) is 26.1 Å². The van der Waals surface area contributed by atoms with Gasteiger partial charge in [0.25, 0.3) is 0 Å². The van der Waals surface area contributed by atoms with E-state index in [4.69, 9.17) is 19.9 Å². The Morgan fingerprint density at radius 1 is 1.33 bits per heavy atom. The highest BCUT2D eigenvalue weighted by molar-refractivity contribution is 7.19. The van der Waals surface area contributed by atoms with Crippen molar-refractivity contribution in [1.82, 2.24) is 4.98 Å². The number of ether oxygens (including phenoxy) is 3. The van der Waals surface area contributed by atoms with Crippen LogP contribution in [0.25, 0.3) is 10.4 Å². The minimum absolute atomic E-state index is 0.217. The van der Waals surface area contributed by atoms with Crippen molar-refractivity contribution in [1.29, 1.82) is 0 Å². The number of methoxy groups -OCH3 is 1. The number of hydrogen-bond donors (Lipinski definition) is 1. The van der Waals surface area contributed by atoms with Crippen LogP contribution in [0.4, 0.5) is 5.13 Å². The Bertz CT molecular complexity index is 684. The molecular weight excluding hydrogens is 292 g/mol. The van der Waals surface area contributed by atoms with E-state index >= 15 is 0 Å². The molecule has 21 heavy (non-hydrogen) atoms. The van der Waals surface area contributed by atoms with Crippen LogP contribution < -0.4 is 15.2 Å². The molecule has 2 N–H and O–H groups in total. The summed E-state index contributed by atoms with van der Waals surface area (Å²) in [4.78, 5) is 16.5. The highest BCUT2D eigenvalue weighted by Crippen LogP contribution is 2.38. The van der Waals surface area contributed by atoms with Gasteiger partial charge in [-0.05, 0) is 23.8 Å². The van der Waals surface area contributed by atoms with E-state index in [0.717, 1.165) is 12.0 Å². The van der Waals surface area contributed by atoms with Crippen LogP contribution in [0, 0.1) is 0 Å². The van der Waals surface area contributed by atoms with E-state index in [1.54, 1.807) is 0 Å². The van der Waals surface area contributed by atoms with Crippen LogP contribution in [0.3, 0.4) is 0 Å². The molecule has 3 rings (SSSR count). The molecule has 1 aliphatic rings. The molecule has 2 aromatic rings. The second-order valence-electron chi connectivity index (χ2n) is 4.43. The van der Waals surface area contributed by atoms with Crippen molar-refractivity contribution in [2.24, 2.45) is 0 Å². The average molecular weight is 306 g/mol. The molecule has 1 aliphatic heterocycles. The molecule has 0 saturated carbocycles. The Balaban J connectivity index is 2.05. The molecule has 1 aromatic heterocycles. The van der Waals surface area contributed by atoms with Crippen molar-refractivity contribution >= 4 is 22.4 Å². The number of nitrogen functional groups attached to an aromatic ring is 1. The number of carbonyl (C=O) groups is 1. The minimum Gasteiger partial charge on any atom is -0.490 e. The Kier molecular flexibility index (Phi) is 3.66. The summed E-state index contributed by atoms with van der Waals surface area (Å²) in [6.07, 6.45) is 0.838. The molecule has 0 radical (unpaired) electrons. The summed E-state index contributed by atoms with van der Waals surface area (Å²) in [7, 11) is 1.32. The fourth-order valence-corrected chi connectivity index (χ4v) is 2.89. The predicted molar refractivity (Wildman–Crippen MR) is 78.9 cm³/mol. The molecule has 0 amide bonds. The van der Waals surface area contributed by atoms with E-state index in [2.05, 4.69) is 4.98 Å². The van der Waals surface area contributed by atoms with Crippen LogP contribution in [0.2, 0.25) is 0 Å². The fourth-order valence-electron chi connectivity index (χ4n) is 2.07. The first-order chi connectivity index (χ1) is 10.2. The highest BCUT2D eigenvalue weighted by atomic mass is 32.1. The molecule has 6 nitrogen and oxygen atoms in total.